The third-order valence-corrected chi connectivity index (χ3v) is 4.32. The number of anilines is 1. The zero-order valence-corrected chi connectivity index (χ0v) is 13.0. The first kappa shape index (κ1) is 14.3. The number of fused-ring (bicyclic) bond motifs is 1. The first-order valence-corrected chi connectivity index (χ1v) is 8.09. The molecule has 0 aliphatic carbocycles. The van der Waals surface area contributed by atoms with Crippen LogP contribution in [0.15, 0.2) is 36.5 Å². The quantitative estimate of drug-likeness (QED) is 0.929. The average molecular weight is 283 g/mol. The second kappa shape index (κ2) is 6.44. The Morgan fingerprint density at radius 1 is 1.24 bits per heavy atom. The Hall–Kier alpha value is -1.61. The van der Waals surface area contributed by atoms with E-state index >= 15 is 0 Å². The number of rotatable bonds is 4. The topological polar surface area (TPSA) is 28.2 Å². The van der Waals surface area contributed by atoms with Crippen molar-refractivity contribution in [3.63, 3.8) is 0 Å². The maximum absolute atomic E-state index is 4.49. The van der Waals surface area contributed by atoms with Crippen LogP contribution in [0.1, 0.15) is 33.1 Å². The van der Waals surface area contributed by atoms with Crippen molar-refractivity contribution >= 4 is 16.6 Å². The van der Waals surface area contributed by atoms with Gasteiger partial charge in [-0.2, -0.15) is 0 Å². The molecule has 3 nitrogen and oxygen atoms in total. The summed E-state index contributed by atoms with van der Waals surface area (Å²) in [6, 6.07) is 11.8. The molecule has 0 saturated carbocycles. The van der Waals surface area contributed by atoms with Crippen LogP contribution in [0.5, 0.6) is 0 Å². The van der Waals surface area contributed by atoms with Crippen molar-refractivity contribution in [3.05, 3.63) is 36.5 Å². The molecule has 1 atom stereocenters. The van der Waals surface area contributed by atoms with Crippen LogP contribution in [0, 0.1) is 0 Å². The lowest BCUT2D eigenvalue weighted by Crippen LogP contribution is -2.47. The third-order valence-electron chi connectivity index (χ3n) is 4.32. The monoisotopic (exact) mass is 283 g/mol. The van der Waals surface area contributed by atoms with Gasteiger partial charge in [-0.25, -0.2) is 0 Å². The number of piperidine rings is 1. The molecule has 1 aliphatic heterocycles. The Balaban J connectivity index is 1.91. The SMILES string of the molecule is CC(C)NCC1CCCCN1c1ccnc2ccccc12. The molecule has 3 heteroatoms. The minimum absolute atomic E-state index is 0.544. The molecule has 0 bridgehead atoms. The van der Waals surface area contributed by atoms with Gasteiger partial charge in [-0.1, -0.05) is 32.0 Å². The van der Waals surface area contributed by atoms with E-state index in [9.17, 15) is 0 Å². The Labute approximate surface area is 127 Å². The summed E-state index contributed by atoms with van der Waals surface area (Å²) in [5.74, 6) is 0. The maximum Gasteiger partial charge on any atom is 0.0722 e. The molecule has 112 valence electrons. The number of hydrogen-bond donors (Lipinski definition) is 1. The zero-order chi connectivity index (χ0) is 14.7. The predicted octanol–water partition coefficient (Wildman–Crippen LogP) is 3.59. The van der Waals surface area contributed by atoms with E-state index < -0.39 is 0 Å². The molecule has 2 heterocycles. The molecule has 0 radical (unpaired) electrons. The van der Waals surface area contributed by atoms with Gasteiger partial charge in [-0.15, -0.1) is 0 Å². The van der Waals surface area contributed by atoms with Crippen LogP contribution >= 0.6 is 0 Å². The first-order chi connectivity index (χ1) is 10.3. The van der Waals surface area contributed by atoms with Crippen molar-refractivity contribution < 1.29 is 0 Å². The van der Waals surface area contributed by atoms with Gasteiger partial charge < -0.3 is 10.2 Å². The molecule has 1 aromatic carbocycles. The minimum atomic E-state index is 0.544. The van der Waals surface area contributed by atoms with Gasteiger partial charge in [0, 0.05) is 42.4 Å². The lowest BCUT2D eigenvalue weighted by Gasteiger charge is -2.38. The molecular weight excluding hydrogens is 258 g/mol. The van der Waals surface area contributed by atoms with Crippen LogP contribution in [0.25, 0.3) is 10.9 Å². The standard InChI is InChI=1S/C18H25N3/c1-14(2)20-13-15-7-5-6-12-21(15)18-10-11-19-17-9-4-3-8-16(17)18/h3-4,8-11,14-15,20H,5-7,12-13H2,1-2H3. The van der Waals surface area contributed by atoms with E-state index in [1.807, 2.05) is 6.20 Å². The highest BCUT2D eigenvalue weighted by molar-refractivity contribution is 5.91. The molecule has 3 rings (SSSR count). The smallest absolute Gasteiger partial charge is 0.0722 e. The van der Waals surface area contributed by atoms with Gasteiger partial charge in [0.2, 0.25) is 0 Å². The summed E-state index contributed by atoms with van der Waals surface area (Å²) in [5, 5.41) is 4.88. The summed E-state index contributed by atoms with van der Waals surface area (Å²) < 4.78 is 0. The zero-order valence-electron chi connectivity index (χ0n) is 13.0. The second-order valence-corrected chi connectivity index (χ2v) is 6.25. The largest absolute Gasteiger partial charge is 0.367 e. The molecular formula is C18H25N3. The van der Waals surface area contributed by atoms with Crippen molar-refractivity contribution in [3.8, 4) is 0 Å². The van der Waals surface area contributed by atoms with E-state index in [-0.39, 0.29) is 0 Å². The lowest BCUT2D eigenvalue weighted by atomic mass is 10.00. The molecule has 21 heavy (non-hydrogen) atoms. The lowest BCUT2D eigenvalue weighted by molar-refractivity contribution is 0.422. The number of nitrogens with one attached hydrogen (secondary N) is 1. The molecule has 1 saturated heterocycles. The number of hydrogen-bond acceptors (Lipinski definition) is 3. The summed E-state index contributed by atoms with van der Waals surface area (Å²) in [5.41, 5.74) is 2.44. The van der Waals surface area contributed by atoms with Crippen LogP contribution in [-0.4, -0.2) is 30.2 Å². The summed E-state index contributed by atoms with van der Waals surface area (Å²) in [6.45, 7) is 6.65. The van der Waals surface area contributed by atoms with Crippen molar-refractivity contribution in [1.29, 1.82) is 0 Å². The molecule has 0 spiro atoms. The van der Waals surface area contributed by atoms with E-state index in [1.54, 1.807) is 0 Å². The number of aromatic nitrogens is 1. The van der Waals surface area contributed by atoms with E-state index in [0.717, 1.165) is 18.6 Å². The highest BCUT2D eigenvalue weighted by Gasteiger charge is 2.23. The van der Waals surface area contributed by atoms with Crippen molar-refractivity contribution in [1.82, 2.24) is 10.3 Å². The van der Waals surface area contributed by atoms with Crippen LogP contribution < -0.4 is 10.2 Å². The van der Waals surface area contributed by atoms with Crippen LogP contribution in [0.2, 0.25) is 0 Å². The second-order valence-electron chi connectivity index (χ2n) is 6.25. The normalized spacial score (nSPS) is 19.4. The van der Waals surface area contributed by atoms with Crippen molar-refractivity contribution in [2.45, 2.75) is 45.2 Å². The van der Waals surface area contributed by atoms with E-state index in [4.69, 9.17) is 0 Å². The Bertz CT molecular complexity index is 589. The molecule has 2 aromatic rings. The molecule has 1 aliphatic rings. The Morgan fingerprint density at radius 3 is 2.95 bits per heavy atom. The van der Waals surface area contributed by atoms with Crippen molar-refractivity contribution in [2.75, 3.05) is 18.0 Å². The van der Waals surface area contributed by atoms with Gasteiger partial charge >= 0.3 is 0 Å². The van der Waals surface area contributed by atoms with Gasteiger partial charge in [-0.05, 0) is 31.4 Å². The summed E-state index contributed by atoms with van der Waals surface area (Å²) >= 11 is 0. The number of pyridine rings is 1. The predicted molar refractivity (Wildman–Crippen MR) is 89.9 cm³/mol. The summed E-state index contributed by atoms with van der Waals surface area (Å²) in [6.07, 6.45) is 5.84. The summed E-state index contributed by atoms with van der Waals surface area (Å²) in [4.78, 5) is 7.08. The maximum atomic E-state index is 4.49. The van der Waals surface area contributed by atoms with Gasteiger partial charge in [0.05, 0.1) is 5.52 Å². The average Bonchev–Trinajstić information content (AvgIpc) is 2.53. The van der Waals surface area contributed by atoms with Crippen molar-refractivity contribution in [2.24, 2.45) is 0 Å². The van der Waals surface area contributed by atoms with Gasteiger partial charge in [0.1, 0.15) is 0 Å². The van der Waals surface area contributed by atoms with Gasteiger partial charge in [0.15, 0.2) is 0 Å². The molecule has 1 unspecified atom stereocenters. The fourth-order valence-corrected chi connectivity index (χ4v) is 3.23. The fraction of sp³-hybridized carbons (Fsp3) is 0.500. The van der Waals surface area contributed by atoms with E-state index in [0.29, 0.717) is 12.1 Å². The molecule has 1 fully saturated rings. The number of nitrogens with zero attached hydrogens (tertiary/aromatic N) is 2. The highest BCUT2D eigenvalue weighted by Crippen LogP contribution is 2.30. The van der Waals surface area contributed by atoms with Crippen LogP contribution in [0.4, 0.5) is 5.69 Å². The number of para-hydroxylation sites is 1. The molecule has 1 aromatic heterocycles. The Morgan fingerprint density at radius 2 is 2.10 bits per heavy atom. The van der Waals surface area contributed by atoms with E-state index in [2.05, 4.69) is 59.4 Å². The van der Waals surface area contributed by atoms with E-state index in [1.165, 1.54) is 30.3 Å². The highest BCUT2D eigenvalue weighted by atomic mass is 15.2. The van der Waals surface area contributed by atoms with Gasteiger partial charge in [0.25, 0.3) is 0 Å². The first-order valence-electron chi connectivity index (χ1n) is 8.09. The third kappa shape index (κ3) is 3.18. The molecule has 1 N–H and O–H groups in total. The Kier molecular flexibility index (Phi) is 4.39. The van der Waals surface area contributed by atoms with Crippen LogP contribution in [0.3, 0.4) is 0 Å². The van der Waals surface area contributed by atoms with Gasteiger partial charge in [-0.3, -0.25) is 4.98 Å². The molecule has 0 amide bonds. The fourth-order valence-electron chi connectivity index (χ4n) is 3.23. The number of benzene rings is 1. The summed E-state index contributed by atoms with van der Waals surface area (Å²) in [7, 11) is 0. The van der Waals surface area contributed by atoms with Crippen LogP contribution in [-0.2, 0) is 0 Å². The minimum Gasteiger partial charge on any atom is -0.367 e.